The fraction of sp³-hybridized carbons (Fsp3) is 0.103. The van der Waals surface area contributed by atoms with E-state index in [0.29, 0.717) is 12.3 Å². The number of amides is 1. The van der Waals surface area contributed by atoms with E-state index in [4.69, 9.17) is 4.74 Å². The molecule has 4 nitrogen and oxygen atoms in total. The van der Waals surface area contributed by atoms with Crippen molar-refractivity contribution in [1.82, 2.24) is 0 Å². The molecule has 0 unspecified atom stereocenters. The maximum Gasteiger partial charge on any atom is 0.266 e. The first-order valence-corrected chi connectivity index (χ1v) is 13.1. The van der Waals surface area contributed by atoms with Crippen LogP contribution in [0.5, 0.6) is 5.75 Å². The molecule has 0 aliphatic carbocycles. The zero-order chi connectivity index (χ0) is 24.9. The Kier molecular flexibility index (Phi) is 8.08. The maximum atomic E-state index is 12.8. The topological polar surface area (TPSA) is 62.1 Å². The van der Waals surface area contributed by atoms with Gasteiger partial charge < -0.3 is 10.1 Å². The Hall–Kier alpha value is -2.90. The second-order valence-corrected chi connectivity index (χ2v) is 10.5. The summed E-state index contributed by atoms with van der Waals surface area (Å²) < 4.78 is 8.04. The van der Waals surface area contributed by atoms with E-state index >= 15 is 0 Å². The number of rotatable bonds is 6. The van der Waals surface area contributed by atoms with Crippen LogP contribution in [0.3, 0.4) is 0 Å². The van der Waals surface area contributed by atoms with Gasteiger partial charge in [-0.05, 0) is 116 Å². The Morgan fingerprint density at radius 2 is 1.71 bits per heavy atom. The fourth-order valence-electron chi connectivity index (χ4n) is 3.74. The molecule has 0 spiro atoms. The van der Waals surface area contributed by atoms with E-state index in [1.807, 2.05) is 68.4 Å². The van der Waals surface area contributed by atoms with E-state index in [0.717, 1.165) is 35.1 Å². The lowest BCUT2D eigenvalue weighted by molar-refractivity contribution is -0.112. The molecule has 0 heterocycles. The summed E-state index contributed by atoms with van der Waals surface area (Å²) in [7, 11) is 0. The first-order valence-electron chi connectivity index (χ1n) is 10.9. The lowest BCUT2D eigenvalue weighted by Gasteiger charge is -2.13. The smallest absolute Gasteiger partial charge is 0.266 e. The average molecular weight is 684 g/mol. The summed E-state index contributed by atoms with van der Waals surface area (Å²) in [5.41, 5.74) is 4.62. The normalized spacial score (nSPS) is 11.2. The average Bonchev–Trinajstić information content (AvgIpc) is 2.84. The van der Waals surface area contributed by atoms with Crippen LogP contribution in [0, 0.1) is 32.3 Å². The van der Waals surface area contributed by atoms with Crippen molar-refractivity contribution in [3.63, 3.8) is 0 Å². The van der Waals surface area contributed by atoms with Crippen LogP contribution in [-0.2, 0) is 11.4 Å². The first-order chi connectivity index (χ1) is 16.9. The number of anilines is 1. The highest BCUT2D eigenvalue weighted by molar-refractivity contribution is 14.1. The zero-order valence-electron chi connectivity index (χ0n) is 19.2. The second kappa shape index (κ2) is 11.2. The van der Waals surface area contributed by atoms with E-state index < -0.39 is 5.91 Å². The van der Waals surface area contributed by atoms with Crippen molar-refractivity contribution >= 4 is 73.6 Å². The van der Waals surface area contributed by atoms with Gasteiger partial charge in [0.25, 0.3) is 5.91 Å². The molecule has 4 aromatic rings. The molecule has 0 saturated heterocycles. The van der Waals surface area contributed by atoms with Crippen LogP contribution >= 0.6 is 45.2 Å². The van der Waals surface area contributed by atoms with E-state index in [-0.39, 0.29) is 5.57 Å². The minimum Gasteiger partial charge on any atom is -0.487 e. The van der Waals surface area contributed by atoms with Gasteiger partial charge in [0.05, 0.1) is 7.14 Å². The Bertz CT molecular complexity index is 1470. The number of hydrogen-bond donors (Lipinski definition) is 1. The van der Waals surface area contributed by atoms with Crippen LogP contribution in [0.4, 0.5) is 5.69 Å². The summed E-state index contributed by atoms with van der Waals surface area (Å²) in [5.74, 6) is 0.358. The van der Waals surface area contributed by atoms with Gasteiger partial charge in [0.1, 0.15) is 24.0 Å². The molecule has 1 amide bonds. The van der Waals surface area contributed by atoms with Crippen LogP contribution in [0.2, 0.25) is 0 Å². The third kappa shape index (κ3) is 6.03. The van der Waals surface area contributed by atoms with E-state index in [2.05, 4.69) is 74.8 Å². The number of nitrogens with one attached hydrogen (secondary N) is 1. The summed E-state index contributed by atoms with van der Waals surface area (Å²) in [4.78, 5) is 12.8. The van der Waals surface area contributed by atoms with Crippen molar-refractivity contribution in [2.24, 2.45) is 0 Å². The number of ether oxygens (including phenoxy) is 1. The van der Waals surface area contributed by atoms with Gasteiger partial charge >= 0.3 is 0 Å². The molecule has 0 saturated carbocycles. The summed E-state index contributed by atoms with van der Waals surface area (Å²) in [6.07, 6.45) is 1.61. The number of carbonyl (C=O) groups excluding carboxylic acids is 1. The molecule has 174 valence electrons. The lowest BCUT2D eigenvalue weighted by Crippen LogP contribution is -2.14. The largest absolute Gasteiger partial charge is 0.487 e. The Morgan fingerprint density at radius 1 is 1.00 bits per heavy atom. The standard InChI is InChI=1S/C29H22I2N2O2/c1-18-10-11-19(2)27(12-18)33-29(34)23(16-32)13-20-14-25(30)28(26(31)15-20)35-17-22-8-5-7-21-6-3-4-9-24(21)22/h3-15H,17H2,1-2H3,(H,33,34)/b23-13+. The van der Waals surface area contributed by atoms with Crippen molar-refractivity contribution in [2.75, 3.05) is 5.32 Å². The molecule has 1 N–H and O–H groups in total. The van der Waals surface area contributed by atoms with E-state index in [1.54, 1.807) is 6.08 Å². The van der Waals surface area contributed by atoms with Crippen molar-refractivity contribution < 1.29 is 9.53 Å². The number of hydrogen-bond acceptors (Lipinski definition) is 3. The van der Waals surface area contributed by atoms with Crippen molar-refractivity contribution in [3.8, 4) is 11.8 Å². The Morgan fingerprint density at radius 3 is 2.46 bits per heavy atom. The predicted molar refractivity (Wildman–Crippen MR) is 158 cm³/mol. The number of halogens is 2. The third-order valence-electron chi connectivity index (χ3n) is 5.59. The van der Waals surface area contributed by atoms with Crippen LogP contribution in [0.15, 0.2) is 78.4 Å². The monoisotopic (exact) mass is 684 g/mol. The number of nitrogens with zero attached hydrogens (tertiary/aromatic N) is 1. The van der Waals surface area contributed by atoms with Gasteiger partial charge in [-0.2, -0.15) is 5.26 Å². The molecule has 0 fully saturated rings. The van der Waals surface area contributed by atoms with Crippen molar-refractivity contribution in [2.45, 2.75) is 20.5 Å². The van der Waals surface area contributed by atoms with Gasteiger partial charge in [-0.15, -0.1) is 0 Å². The summed E-state index contributed by atoms with van der Waals surface area (Å²) in [5, 5.41) is 14.9. The molecule has 4 rings (SSSR count). The Labute approximate surface area is 232 Å². The van der Waals surface area contributed by atoms with Gasteiger partial charge in [0, 0.05) is 5.69 Å². The zero-order valence-corrected chi connectivity index (χ0v) is 23.5. The number of benzene rings is 4. The van der Waals surface area contributed by atoms with Crippen LogP contribution < -0.4 is 10.1 Å². The molecule has 0 radical (unpaired) electrons. The van der Waals surface area contributed by atoms with Crippen LogP contribution in [0.25, 0.3) is 16.8 Å². The minimum atomic E-state index is -0.428. The minimum absolute atomic E-state index is 0.0435. The second-order valence-electron chi connectivity index (χ2n) is 8.18. The highest BCUT2D eigenvalue weighted by Gasteiger charge is 2.14. The molecule has 0 aliphatic rings. The molecule has 0 aliphatic heterocycles. The summed E-state index contributed by atoms with van der Waals surface area (Å²) in [6.45, 7) is 4.33. The molecular formula is C29H22I2N2O2. The van der Waals surface area contributed by atoms with Gasteiger partial charge in [0.2, 0.25) is 0 Å². The number of nitriles is 1. The van der Waals surface area contributed by atoms with Gasteiger partial charge in [-0.25, -0.2) is 0 Å². The number of carbonyl (C=O) groups is 1. The van der Waals surface area contributed by atoms with Gasteiger partial charge in [-0.3, -0.25) is 4.79 Å². The van der Waals surface area contributed by atoms with E-state index in [9.17, 15) is 10.1 Å². The lowest BCUT2D eigenvalue weighted by atomic mass is 10.1. The third-order valence-corrected chi connectivity index (χ3v) is 7.19. The Balaban J connectivity index is 1.54. The molecular weight excluding hydrogens is 662 g/mol. The first kappa shape index (κ1) is 25.2. The summed E-state index contributed by atoms with van der Waals surface area (Å²) in [6, 6.07) is 26.2. The molecule has 35 heavy (non-hydrogen) atoms. The van der Waals surface area contributed by atoms with Crippen molar-refractivity contribution in [1.29, 1.82) is 5.26 Å². The molecule has 6 heteroatoms. The highest BCUT2D eigenvalue weighted by Crippen LogP contribution is 2.31. The molecule has 0 aromatic heterocycles. The van der Waals surface area contributed by atoms with Gasteiger partial charge in [-0.1, -0.05) is 54.6 Å². The highest BCUT2D eigenvalue weighted by atomic mass is 127. The maximum absolute atomic E-state index is 12.8. The van der Waals surface area contributed by atoms with Crippen LogP contribution in [-0.4, -0.2) is 5.91 Å². The predicted octanol–water partition coefficient (Wildman–Crippen LogP) is 7.79. The quantitative estimate of drug-likeness (QED) is 0.128. The number of fused-ring (bicyclic) bond motifs is 1. The fourth-order valence-corrected chi connectivity index (χ4v) is 5.87. The van der Waals surface area contributed by atoms with Gasteiger partial charge in [0.15, 0.2) is 0 Å². The molecule has 0 atom stereocenters. The SMILES string of the molecule is Cc1ccc(C)c(NC(=O)/C(C#N)=C/c2cc(I)c(OCc3cccc4ccccc34)c(I)c2)c1. The van der Waals surface area contributed by atoms with Crippen LogP contribution in [0.1, 0.15) is 22.3 Å². The summed E-state index contributed by atoms with van der Waals surface area (Å²) >= 11 is 4.47. The number of aryl methyl sites for hydroxylation is 2. The molecule has 4 aromatic carbocycles. The van der Waals surface area contributed by atoms with E-state index in [1.165, 1.54) is 10.8 Å². The molecule has 0 bridgehead atoms. The van der Waals surface area contributed by atoms with Crippen molar-refractivity contribution in [3.05, 3.63) is 108 Å².